The third-order valence-electron chi connectivity index (χ3n) is 9.11. The van der Waals surface area contributed by atoms with Crippen LogP contribution in [-0.4, -0.2) is 58.6 Å². The molecule has 0 radical (unpaired) electrons. The highest BCUT2D eigenvalue weighted by atomic mass is 19.4. The molecule has 0 bridgehead atoms. The Morgan fingerprint density at radius 2 is 1.67 bits per heavy atom. The number of fused-ring (bicyclic) bond motifs is 1. The highest BCUT2D eigenvalue weighted by Crippen LogP contribution is 2.36. The van der Waals surface area contributed by atoms with Gasteiger partial charge >= 0.3 is 18.1 Å². The molecule has 12 nitrogen and oxygen atoms in total. The van der Waals surface area contributed by atoms with Crippen LogP contribution in [0.2, 0.25) is 0 Å². The number of carbonyl (C=O) groups excluding carboxylic acids is 1. The van der Waals surface area contributed by atoms with Crippen LogP contribution >= 0.6 is 0 Å². The summed E-state index contributed by atoms with van der Waals surface area (Å²) in [4.78, 5) is 55.2. The number of carboxylic acids is 2. The van der Waals surface area contributed by atoms with E-state index >= 15 is 0 Å². The number of anilines is 2. The molecular formula is C36H34F3N7O5. The number of carboxylic acid groups (broad SMARTS) is 2. The van der Waals surface area contributed by atoms with Crippen molar-refractivity contribution in [1.82, 2.24) is 24.5 Å². The van der Waals surface area contributed by atoms with Crippen LogP contribution in [0.3, 0.4) is 0 Å². The van der Waals surface area contributed by atoms with Gasteiger partial charge in [-0.05, 0) is 79.1 Å². The van der Waals surface area contributed by atoms with Gasteiger partial charge in [-0.3, -0.25) is 9.78 Å². The predicted molar refractivity (Wildman–Crippen MR) is 182 cm³/mol. The second-order valence-electron chi connectivity index (χ2n) is 12.8. The Labute approximate surface area is 289 Å². The summed E-state index contributed by atoms with van der Waals surface area (Å²) in [6, 6.07) is 11.8. The molecule has 4 N–H and O–H groups in total. The number of aromatic carboxylic acids is 2. The molecule has 3 aromatic heterocycles. The molecule has 51 heavy (non-hydrogen) atoms. The molecule has 2 aromatic carbocycles. The van der Waals surface area contributed by atoms with E-state index in [9.17, 15) is 37.8 Å². The Morgan fingerprint density at radius 1 is 0.941 bits per heavy atom. The van der Waals surface area contributed by atoms with Gasteiger partial charge in [0.25, 0.3) is 5.91 Å². The summed E-state index contributed by atoms with van der Waals surface area (Å²) >= 11 is 0. The normalized spacial score (nSPS) is 13.9. The fraction of sp³-hybridized carbons (Fsp3) is 0.306. The van der Waals surface area contributed by atoms with Crippen molar-refractivity contribution in [2.45, 2.75) is 64.7 Å². The summed E-state index contributed by atoms with van der Waals surface area (Å²) in [6.45, 7) is 5.76. The van der Waals surface area contributed by atoms with Crippen LogP contribution in [0.4, 0.5) is 24.7 Å². The molecule has 3 heterocycles. The number of nitrogens with one attached hydrogen (secondary N) is 2. The molecule has 0 spiro atoms. The minimum atomic E-state index is -4.76. The largest absolute Gasteiger partial charge is 0.478 e. The highest BCUT2D eigenvalue weighted by Gasteiger charge is 2.32. The van der Waals surface area contributed by atoms with Gasteiger partial charge in [-0.1, -0.05) is 38.5 Å². The van der Waals surface area contributed by atoms with Crippen molar-refractivity contribution < 1.29 is 37.8 Å². The number of alkyl halides is 3. The zero-order chi connectivity index (χ0) is 36.6. The van der Waals surface area contributed by atoms with Crippen molar-refractivity contribution >= 4 is 40.5 Å². The summed E-state index contributed by atoms with van der Waals surface area (Å²) in [5.74, 6) is -3.36. The molecule has 0 saturated heterocycles. The van der Waals surface area contributed by atoms with E-state index in [-0.39, 0.29) is 63.7 Å². The number of benzene rings is 2. The molecule has 1 aliphatic rings. The maximum Gasteiger partial charge on any atom is 0.416 e. The number of amides is 1. The minimum Gasteiger partial charge on any atom is -0.478 e. The molecule has 0 unspecified atom stereocenters. The number of carbonyl (C=O) groups is 3. The van der Waals surface area contributed by atoms with Crippen molar-refractivity contribution in [1.29, 1.82) is 0 Å². The molecule has 1 aliphatic carbocycles. The Kier molecular flexibility index (Phi) is 9.47. The van der Waals surface area contributed by atoms with Crippen LogP contribution in [0.25, 0.3) is 22.7 Å². The zero-order valence-electron chi connectivity index (χ0n) is 27.8. The van der Waals surface area contributed by atoms with E-state index in [1.807, 2.05) is 32.9 Å². The Bertz CT molecular complexity index is 2160. The summed E-state index contributed by atoms with van der Waals surface area (Å²) in [5.41, 5.74) is -0.0301. The van der Waals surface area contributed by atoms with E-state index in [2.05, 4.69) is 25.6 Å². The monoisotopic (exact) mass is 701 g/mol. The maximum atomic E-state index is 14.0. The van der Waals surface area contributed by atoms with Gasteiger partial charge in [-0.25, -0.2) is 24.5 Å². The fourth-order valence-electron chi connectivity index (χ4n) is 6.02. The molecule has 1 atom stereocenters. The molecule has 5 aromatic rings. The minimum absolute atomic E-state index is 0.0188. The van der Waals surface area contributed by atoms with Gasteiger partial charge in [0.1, 0.15) is 11.2 Å². The van der Waals surface area contributed by atoms with Crippen molar-refractivity contribution in [2.75, 3.05) is 10.6 Å². The molecule has 1 saturated carbocycles. The standard InChI is InChI=1S/C36H34F3N7O5/c1-18(2)21-13-14-40-27(15-21)32-45-30-28(29(43-31(44-30)35(50)51)41-19(3)20-7-6-8-20)46(32)17-22-11-12-23(36(37,38)39)16-26(22)42-33(47)24-9-4-5-10-25(24)34(48)49/h4-5,9-16,18-20H,6-8,17H2,1-3H3,(H,42,47)(H,48,49)(H,50,51)(H,41,43,44)/t19-/m1/s1. The Hall–Kier alpha value is -5.86. The average Bonchev–Trinajstić information content (AvgIpc) is 3.42. The van der Waals surface area contributed by atoms with Gasteiger partial charge in [0.2, 0.25) is 5.82 Å². The molecule has 0 aliphatic heterocycles. The summed E-state index contributed by atoms with van der Waals surface area (Å²) < 4.78 is 43.6. The second kappa shape index (κ2) is 13.8. The summed E-state index contributed by atoms with van der Waals surface area (Å²) in [5, 5.41) is 25.4. The number of imidazole rings is 1. The SMILES string of the molecule is CC(C)c1ccnc(-c2nc3nc(C(=O)O)nc(N[C@H](C)C4CCC4)c3n2Cc2ccc(C(F)(F)F)cc2NC(=O)c2ccccc2C(=O)O)c1. The van der Waals surface area contributed by atoms with Gasteiger partial charge in [-0.2, -0.15) is 13.2 Å². The number of hydrogen-bond donors (Lipinski definition) is 4. The lowest BCUT2D eigenvalue weighted by molar-refractivity contribution is -0.137. The lowest BCUT2D eigenvalue weighted by Gasteiger charge is -2.32. The van der Waals surface area contributed by atoms with Gasteiger partial charge in [-0.15, -0.1) is 0 Å². The lowest BCUT2D eigenvalue weighted by atomic mass is 9.80. The highest BCUT2D eigenvalue weighted by molar-refractivity contribution is 6.11. The zero-order valence-corrected chi connectivity index (χ0v) is 27.8. The van der Waals surface area contributed by atoms with Crippen LogP contribution in [0, 0.1) is 5.92 Å². The second-order valence-corrected chi connectivity index (χ2v) is 12.8. The number of halogens is 3. The first-order valence-corrected chi connectivity index (χ1v) is 16.3. The van der Waals surface area contributed by atoms with E-state index in [1.54, 1.807) is 10.8 Å². The number of nitrogens with zero attached hydrogens (tertiary/aromatic N) is 5. The Balaban J connectivity index is 1.55. The van der Waals surface area contributed by atoms with E-state index in [4.69, 9.17) is 4.98 Å². The molecule has 1 amide bonds. The molecule has 1 fully saturated rings. The van der Waals surface area contributed by atoms with Crippen LogP contribution in [0.15, 0.2) is 60.8 Å². The van der Waals surface area contributed by atoms with E-state index < -0.39 is 35.4 Å². The van der Waals surface area contributed by atoms with Crippen molar-refractivity contribution in [3.63, 3.8) is 0 Å². The number of rotatable bonds is 11. The van der Waals surface area contributed by atoms with Gasteiger partial charge in [0, 0.05) is 17.9 Å². The summed E-state index contributed by atoms with van der Waals surface area (Å²) in [6.07, 6.45) is -0.144. The molecular weight excluding hydrogens is 667 g/mol. The third kappa shape index (κ3) is 7.23. The van der Waals surface area contributed by atoms with Crippen LogP contribution < -0.4 is 10.6 Å². The Morgan fingerprint density at radius 3 is 2.29 bits per heavy atom. The maximum absolute atomic E-state index is 14.0. The van der Waals surface area contributed by atoms with Gasteiger partial charge < -0.3 is 25.4 Å². The average molecular weight is 702 g/mol. The fourth-order valence-corrected chi connectivity index (χ4v) is 6.02. The van der Waals surface area contributed by atoms with Crippen molar-refractivity contribution in [3.05, 3.63) is 94.4 Å². The van der Waals surface area contributed by atoms with E-state index in [0.717, 1.165) is 37.0 Å². The molecule has 6 rings (SSSR count). The number of aromatic nitrogens is 5. The van der Waals surface area contributed by atoms with Gasteiger partial charge in [0.15, 0.2) is 17.3 Å². The quantitative estimate of drug-likeness (QED) is 0.109. The van der Waals surface area contributed by atoms with Crippen LogP contribution in [0.5, 0.6) is 0 Å². The number of pyridine rings is 1. The topological polar surface area (TPSA) is 172 Å². The third-order valence-corrected chi connectivity index (χ3v) is 9.11. The summed E-state index contributed by atoms with van der Waals surface area (Å²) in [7, 11) is 0. The molecule has 264 valence electrons. The van der Waals surface area contributed by atoms with Crippen LogP contribution in [0.1, 0.15) is 94.0 Å². The van der Waals surface area contributed by atoms with Crippen LogP contribution in [-0.2, 0) is 12.7 Å². The van der Waals surface area contributed by atoms with E-state index in [0.29, 0.717) is 11.6 Å². The first kappa shape index (κ1) is 35.0. The lowest BCUT2D eigenvalue weighted by Crippen LogP contribution is -2.31. The van der Waals surface area contributed by atoms with Crippen molar-refractivity contribution in [2.24, 2.45) is 5.92 Å². The molecule has 15 heteroatoms. The first-order valence-electron chi connectivity index (χ1n) is 16.3. The first-order chi connectivity index (χ1) is 24.2. The van der Waals surface area contributed by atoms with Gasteiger partial charge in [0.05, 0.1) is 23.2 Å². The van der Waals surface area contributed by atoms with Crippen molar-refractivity contribution in [3.8, 4) is 11.5 Å². The predicted octanol–water partition coefficient (Wildman–Crippen LogP) is 7.33. The van der Waals surface area contributed by atoms with E-state index in [1.165, 1.54) is 30.3 Å². The smallest absolute Gasteiger partial charge is 0.416 e. The number of hydrogen-bond acceptors (Lipinski definition) is 8.